The minimum Gasteiger partial charge on any atom is -0.309 e. The summed E-state index contributed by atoms with van der Waals surface area (Å²) < 4.78 is 4.11. The van der Waals surface area contributed by atoms with Crippen molar-refractivity contribution in [1.82, 2.24) is 14.9 Å². The summed E-state index contributed by atoms with van der Waals surface area (Å²) in [5, 5.41) is 7.83. The Balaban J connectivity index is 1.88. The molecule has 0 amide bonds. The van der Waals surface area contributed by atoms with Crippen LogP contribution >= 0.6 is 11.5 Å². The zero-order valence-corrected chi connectivity index (χ0v) is 11.5. The van der Waals surface area contributed by atoms with Crippen LogP contribution in [-0.2, 0) is 6.54 Å². The third-order valence-electron chi connectivity index (χ3n) is 3.32. The predicted molar refractivity (Wildman–Crippen MR) is 74.7 cm³/mol. The van der Waals surface area contributed by atoms with Crippen LogP contribution in [-0.4, -0.2) is 15.6 Å². The third kappa shape index (κ3) is 2.44. The molecule has 0 unspecified atom stereocenters. The van der Waals surface area contributed by atoms with Crippen LogP contribution in [0, 0.1) is 13.8 Å². The molecule has 0 aliphatic heterocycles. The molecule has 1 aromatic heterocycles. The zero-order valence-electron chi connectivity index (χ0n) is 10.7. The lowest BCUT2D eigenvalue weighted by Crippen LogP contribution is -2.14. The van der Waals surface area contributed by atoms with E-state index in [4.69, 9.17) is 0 Å². The first-order valence-electron chi connectivity index (χ1n) is 6.36. The quantitative estimate of drug-likeness (QED) is 0.917. The van der Waals surface area contributed by atoms with Crippen molar-refractivity contribution in [3.05, 3.63) is 34.2 Å². The Morgan fingerprint density at radius 1 is 1.33 bits per heavy atom. The lowest BCUT2D eigenvalue weighted by atomic mass is 10.0. The summed E-state index contributed by atoms with van der Waals surface area (Å²) >= 11 is 1.50. The maximum absolute atomic E-state index is 4.30. The van der Waals surface area contributed by atoms with Crippen LogP contribution in [0.1, 0.15) is 28.8 Å². The highest BCUT2D eigenvalue weighted by atomic mass is 32.1. The summed E-state index contributed by atoms with van der Waals surface area (Å²) in [5.74, 6) is 0. The van der Waals surface area contributed by atoms with Gasteiger partial charge in [0.1, 0.15) is 5.69 Å². The van der Waals surface area contributed by atoms with E-state index in [0.717, 1.165) is 18.3 Å². The highest BCUT2D eigenvalue weighted by molar-refractivity contribution is 7.05. The summed E-state index contributed by atoms with van der Waals surface area (Å²) in [7, 11) is 0. The molecule has 0 bridgehead atoms. The van der Waals surface area contributed by atoms with Gasteiger partial charge in [0.25, 0.3) is 0 Å². The third-order valence-corrected chi connectivity index (χ3v) is 4.04. The normalized spacial score (nSPS) is 15.0. The lowest BCUT2D eigenvalue weighted by molar-refractivity contribution is 0.695. The monoisotopic (exact) mass is 259 g/mol. The molecule has 1 aromatic carbocycles. The van der Waals surface area contributed by atoms with Crippen molar-refractivity contribution in [2.75, 3.05) is 0 Å². The van der Waals surface area contributed by atoms with Crippen LogP contribution in [0.25, 0.3) is 11.3 Å². The van der Waals surface area contributed by atoms with E-state index in [1.165, 1.54) is 45.9 Å². The van der Waals surface area contributed by atoms with Crippen molar-refractivity contribution < 1.29 is 0 Å². The molecule has 3 rings (SSSR count). The van der Waals surface area contributed by atoms with Gasteiger partial charge < -0.3 is 5.32 Å². The van der Waals surface area contributed by atoms with Crippen LogP contribution in [0.4, 0.5) is 0 Å². The van der Waals surface area contributed by atoms with Crippen LogP contribution in [0.5, 0.6) is 0 Å². The summed E-state index contributed by atoms with van der Waals surface area (Å²) in [6, 6.07) is 7.22. The van der Waals surface area contributed by atoms with Crippen molar-refractivity contribution >= 4 is 11.5 Å². The van der Waals surface area contributed by atoms with Crippen molar-refractivity contribution in [3.8, 4) is 11.3 Å². The molecule has 94 valence electrons. The van der Waals surface area contributed by atoms with Gasteiger partial charge in [-0.25, -0.2) is 0 Å². The van der Waals surface area contributed by atoms with Crippen LogP contribution < -0.4 is 5.32 Å². The molecule has 4 heteroatoms. The first-order chi connectivity index (χ1) is 8.74. The van der Waals surface area contributed by atoms with Gasteiger partial charge in [0.2, 0.25) is 0 Å². The lowest BCUT2D eigenvalue weighted by Gasteiger charge is -2.06. The first-order valence-corrected chi connectivity index (χ1v) is 7.13. The van der Waals surface area contributed by atoms with E-state index in [1.807, 2.05) is 0 Å². The molecule has 1 heterocycles. The van der Waals surface area contributed by atoms with E-state index in [1.54, 1.807) is 0 Å². The number of rotatable bonds is 4. The average Bonchev–Trinajstić information content (AvgIpc) is 3.06. The smallest absolute Gasteiger partial charge is 0.110 e. The fourth-order valence-corrected chi connectivity index (χ4v) is 2.74. The maximum Gasteiger partial charge on any atom is 0.110 e. The van der Waals surface area contributed by atoms with E-state index in [0.29, 0.717) is 0 Å². The second-order valence-corrected chi connectivity index (χ2v) is 5.86. The zero-order chi connectivity index (χ0) is 12.5. The summed E-state index contributed by atoms with van der Waals surface area (Å²) in [6.45, 7) is 5.15. The number of aryl methyl sites for hydroxylation is 2. The van der Waals surface area contributed by atoms with E-state index in [-0.39, 0.29) is 0 Å². The number of hydrogen-bond acceptors (Lipinski definition) is 4. The maximum atomic E-state index is 4.30. The van der Waals surface area contributed by atoms with Gasteiger partial charge in [-0.3, -0.25) is 0 Å². The van der Waals surface area contributed by atoms with Gasteiger partial charge in [-0.1, -0.05) is 28.3 Å². The van der Waals surface area contributed by atoms with Gasteiger partial charge in [-0.05, 0) is 43.8 Å². The minimum absolute atomic E-state index is 0.721. The predicted octanol–water partition coefficient (Wildman–Crippen LogP) is 3.07. The largest absolute Gasteiger partial charge is 0.309 e. The van der Waals surface area contributed by atoms with Crippen molar-refractivity contribution in [1.29, 1.82) is 0 Å². The number of hydrogen-bond donors (Lipinski definition) is 1. The fourth-order valence-electron chi connectivity index (χ4n) is 2.13. The number of nitrogens with zero attached hydrogens (tertiary/aromatic N) is 2. The number of aromatic nitrogens is 2. The molecular weight excluding hydrogens is 242 g/mol. The Bertz CT molecular complexity index is 558. The van der Waals surface area contributed by atoms with Gasteiger partial charge >= 0.3 is 0 Å². The SMILES string of the molecule is Cc1ccc(-c2nnsc2CNC2CC2)c(C)c1. The topological polar surface area (TPSA) is 37.8 Å². The van der Waals surface area contributed by atoms with E-state index in [2.05, 4.69) is 47.0 Å². The fraction of sp³-hybridized carbons (Fsp3) is 0.429. The van der Waals surface area contributed by atoms with Crippen LogP contribution in [0.15, 0.2) is 18.2 Å². The Kier molecular flexibility index (Phi) is 3.14. The molecule has 18 heavy (non-hydrogen) atoms. The van der Waals surface area contributed by atoms with E-state index >= 15 is 0 Å². The molecule has 0 saturated heterocycles. The van der Waals surface area contributed by atoms with Crippen molar-refractivity contribution in [3.63, 3.8) is 0 Å². The van der Waals surface area contributed by atoms with E-state index in [9.17, 15) is 0 Å². The molecule has 1 aliphatic rings. The molecule has 2 aromatic rings. The molecule has 0 radical (unpaired) electrons. The van der Waals surface area contributed by atoms with Crippen molar-refractivity contribution in [2.24, 2.45) is 0 Å². The Morgan fingerprint density at radius 2 is 2.17 bits per heavy atom. The van der Waals surface area contributed by atoms with E-state index < -0.39 is 0 Å². The summed E-state index contributed by atoms with van der Waals surface area (Å²) in [6.07, 6.45) is 2.62. The molecule has 1 N–H and O–H groups in total. The molecule has 1 aliphatic carbocycles. The minimum atomic E-state index is 0.721. The molecule has 1 fully saturated rings. The first kappa shape index (κ1) is 11.8. The standard InChI is InChI=1S/C14H17N3S/c1-9-3-6-12(10(2)7-9)14-13(18-17-16-14)8-15-11-4-5-11/h3,6-7,11,15H,4-5,8H2,1-2H3. The van der Waals surface area contributed by atoms with Crippen molar-refractivity contribution in [2.45, 2.75) is 39.3 Å². The van der Waals surface area contributed by atoms with Gasteiger partial charge in [0.05, 0.1) is 4.88 Å². The van der Waals surface area contributed by atoms with Gasteiger partial charge in [-0.15, -0.1) is 5.10 Å². The van der Waals surface area contributed by atoms with Gasteiger partial charge in [0.15, 0.2) is 0 Å². The molecule has 3 nitrogen and oxygen atoms in total. The van der Waals surface area contributed by atoms with Gasteiger partial charge in [0, 0.05) is 18.2 Å². The molecule has 0 spiro atoms. The Hall–Kier alpha value is -1.26. The summed E-state index contributed by atoms with van der Waals surface area (Å²) in [4.78, 5) is 1.24. The highest BCUT2D eigenvalue weighted by Crippen LogP contribution is 2.28. The Morgan fingerprint density at radius 3 is 2.89 bits per heavy atom. The molecular formula is C14H17N3S. The molecule has 1 saturated carbocycles. The average molecular weight is 259 g/mol. The summed E-state index contributed by atoms with van der Waals surface area (Å²) in [5.41, 5.74) is 4.82. The van der Waals surface area contributed by atoms with Crippen LogP contribution in [0.3, 0.4) is 0 Å². The second-order valence-electron chi connectivity index (χ2n) is 5.02. The highest BCUT2D eigenvalue weighted by Gasteiger charge is 2.21. The second kappa shape index (κ2) is 4.78. The van der Waals surface area contributed by atoms with Crippen LogP contribution in [0.2, 0.25) is 0 Å². The molecule has 0 atom stereocenters. The van der Waals surface area contributed by atoms with Gasteiger partial charge in [-0.2, -0.15) is 0 Å². The number of nitrogens with one attached hydrogen (secondary N) is 1. The Labute approximate surface area is 111 Å². The number of benzene rings is 1.